The minimum atomic E-state index is -1.69. The zero-order valence-corrected chi connectivity index (χ0v) is 12.2. The van der Waals surface area contributed by atoms with E-state index in [1.165, 1.54) is 6.66 Å². The molecule has 0 saturated heterocycles. The van der Waals surface area contributed by atoms with Crippen LogP contribution in [0.3, 0.4) is 0 Å². The van der Waals surface area contributed by atoms with Gasteiger partial charge in [-0.2, -0.15) is 0 Å². The minimum absolute atomic E-state index is 0.109. The summed E-state index contributed by atoms with van der Waals surface area (Å²) < 4.78 is 16.4. The van der Waals surface area contributed by atoms with Gasteiger partial charge < -0.3 is 9.84 Å². The Morgan fingerprint density at radius 2 is 2.05 bits per heavy atom. The van der Waals surface area contributed by atoms with Crippen molar-refractivity contribution >= 4 is 13.9 Å². The number of nitrogens with one attached hydrogen (secondary N) is 1. The molecule has 0 aliphatic heterocycles. The molecule has 2 atom stereocenters. The maximum atomic E-state index is 11.9. The van der Waals surface area contributed by atoms with Gasteiger partial charge in [-0.05, 0) is 25.5 Å². The fourth-order valence-corrected chi connectivity index (χ4v) is 2.25. The highest BCUT2D eigenvalue weighted by Gasteiger charge is 2.28. The third-order valence-corrected chi connectivity index (χ3v) is 3.06. The zero-order chi connectivity index (χ0) is 14.4. The number of aromatic hydroxyl groups is 1. The van der Waals surface area contributed by atoms with Crippen LogP contribution in [0.25, 0.3) is 0 Å². The number of para-hydroxylation sites is 1. The molecule has 0 radical (unpaired) electrons. The number of carbonyl (C=O) groups excluding carboxylic acids is 1. The highest BCUT2D eigenvalue weighted by atomic mass is 31.1. The van der Waals surface area contributed by atoms with Gasteiger partial charge in [-0.1, -0.05) is 27.9 Å². The van der Waals surface area contributed by atoms with E-state index in [1.807, 2.05) is 0 Å². The molecule has 0 bridgehead atoms. The van der Waals surface area contributed by atoms with E-state index in [1.54, 1.807) is 38.1 Å². The second-order valence-electron chi connectivity index (χ2n) is 4.50. The largest absolute Gasteiger partial charge is 0.508 e. The summed E-state index contributed by atoms with van der Waals surface area (Å²) >= 11 is 0. The highest BCUT2D eigenvalue weighted by molar-refractivity contribution is 7.41. The monoisotopic (exact) mass is 284 g/mol. The normalized spacial score (nSPS) is 13.2. The smallest absolute Gasteiger partial charge is 0.429 e. The summed E-state index contributed by atoms with van der Waals surface area (Å²) in [6.07, 6.45) is -0.0106. The number of benzene rings is 1. The summed E-state index contributed by atoms with van der Waals surface area (Å²) in [4.78, 5) is 11.9. The van der Waals surface area contributed by atoms with Gasteiger partial charge in [0.25, 0.3) is 0 Å². The van der Waals surface area contributed by atoms with Crippen LogP contribution in [-0.4, -0.2) is 29.9 Å². The first-order chi connectivity index (χ1) is 8.90. The molecule has 0 aliphatic rings. The van der Waals surface area contributed by atoms with Crippen molar-refractivity contribution in [2.75, 3.05) is 6.66 Å². The number of phenols is 1. The molecule has 6 heteroatoms. The van der Waals surface area contributed by atoms with E-state index < -0.39 is 20.0 Å². The standard InChI is InChI=1S/C13H18NO4P/c1-9(2)18-13(16)11(14-19(3)17)8-10-6-4-5-7-12(10)15/h4-7,9,11H,8H2,1-3H3,(H-,14,15,17)/p+1/t11-/m0/s1. The lowest BCUT2D eigenvalue weighted by molar-refractivity contribution is -0.149. The molecule has 1 aromatic carbocycles. The second-order valence-corrected chi connectivity index (χ2v) is 5.75. The molecule has 2 N–H and O–H groups in total. The van der Waals surface area contributed by atoms with Crippen molar-refractivity contribution in [1.29, 1.82) is 0 Å². The predicted octanol–water partition coefficient (Wildman–Crippen LogP) is 2.22. The van der Waals surface area contributed by atoms with Gasteiger partial charge in [0.05, 0.1) is 6.10 Å². The Morgan fingerprint density at radius 1 is 1.42 bits per heavy atom. The van der Waals surface area contributed by atoms with Crippen molar-refractivity contribution in [2.45, 2.75) is 32.4 Å². The Bertz CT molecular complexity index is 462. The number of rotatable bonds is 6. The Hall–Kier alpha value is -1.45. The molecule has 0 aromatic heterocycles. The quantitative estimate of drug-likeness (QED) is 0.619. The molecular formula is C13H19NO4P+. The third-order valence-electron chi connectivity index (χ3n) is 2.39. The van der Waals surface area contributed by atoms with Gasteiger partial charge in [-0.3, -0.25) is 4.79 Å². The molecule has 1 rings (SSSR count). The molecule has 104 valence electrons. The number of esters is 1. The fraction of sp³-hybridized carbons (Fsp3) is 0.462. The Balaban J connectivity index is 2.83. The van der Waals surface area contributed by atoms with Crippen LogP contribution in [0.2, 0.25) is 0 Å². The molecule has 0 heterocycles. The Morgan fingerprint density at radius 3 is 2.58 bits per heavy atom. The lowest BCUT2D eigenvalue weighted by atomic mass is 10.1. The van der Waals surface area contributed by atoms with Gasteiger partial charge in [-0.15, -0.1) is 0 Å². The van der Waals surface area contributed by atoms with Gasteiger partial charge >= 0.3 is 13.9 Å². The van der Waals surface area contributed by atoms with Crippen LogP contribution < -0.4 is 5.09 Å². The van der Waals surface area contributed by atoms with Crippen molar-refractivity contribution in [3.63, 3.8) is 0 Å². The van der Waals surface area contributed by atoms with Crippen LogP contribution in [0.1, 0.15) is 19.4 Å². The number of hydrogen-bond acceptors (Lipinski definition) is 4. The van der Waals surface area contributed by atoms with E-state index in [4.69, 9.17) is 4.74 Å². The van der Waals surface area contributed by atoms with Crippen LogP contribution in [0.15, 0.2) is 24.3 Å². The van der Waals surface area contributed by atoms with E-state index in [0.717, 1.165) is 0 Å². The molecule has 1 unspecified atom stereocenters. The first kappa shape index (κ1) is 15.6. The molecule has 0 saturated carbocycles. The molecule has 0 amide bonds. The van der Waals surface area contributed by atoms with E-state index in [-0.39, 0.29) is 18.3 Å². The maximum Gasteiger partial charge on any atom is 0.429 e. The van der Waals surface area contributed by atoms with Crippen molar-refractivity contribution in [3.05, 3.63) is 29.8 Å². The van der Waals surface area contributed by atoms with Crippen LogP contribution in [0.5, 0.6) is 5.75 Å². The van der Waals surface area contributed by atoms with Crippen LogP contribution >= 0.6 is 7.95 Å². The fourth-order valence-electron chi connectivity index (χ4n) is 1.62. The average molecular weight is 284 g/mol. The highest BCUT2D eigenvalue weighted by Crippen LogP contribution is 2.20. The summed E-state index contributed by atoms with van der Waals surface area (Å²) in [5.74, 6) is -0.360. The van der Waals surface area contributed by atoms with Crippen LogP contribution in [0, 0.1) is 0 Å². The van der Waals surface area contributed by atoms with Gasteiger partial charge in [0, 0.05) is 6.42 Å². The summed E-state index contributed by atoms with van der Waals surface area (Å²) in [5, 5.41) is 12.4. The van der Waals surface area contributed by atoms with Gasteiger partial charge in [0.15, 0.2) is 12.7 Å². The lowest BCUT2D eigenvalue weighted by Gasteiger charge is -2.15. The molecule has 5 nitrogen and oxygen atoms in total. The van der Waals surface area contributed by atoms with E-state index >= 15 is 0 Å². The average Bonchev–Trinajstić information content (AvgIpc) is 2.29. The predicted molar refractivity (Wildman–Crippen MR) is 73.5 cm³/mol. The lowest BCUT2D eigenvalue weighted by Crippen LogP contribution is -2.37. The molecule has 1 aromatic rings. The van der Waals surface area contributed by atoms with Gasteiger partial charge in [0.1, 0.15) is 5.75 Å². The van der Waals surface area contributed by atoms with Crippen molar-refractivity contribution in [2.24, 2.45) is 0 Å². The van der Waals surface area contributed by atoms with E-state index in [2.05, 4.69) is 5.09 Å². The first-order valence-corrected chi connectivity index (χ1v) is 7.75. The third kappa shape index (κ3) is 5.37. The Kier molecular flexibility index (Phi) is 5.93. The van der Waals surface area contributed by atoms with Crippen molar-refractivity contribution in [1.82, 2.24) is 5.09 Å². The Labute approximate surface area is 113 Å². The number of carbonyl (C=O) groups is 1. The van der Waals surface area contributed by atoms with Crippen molar-refractivity contribution < 1.29 is 19.2 Å². The first-order valence-electron chi connectivity index (χ1n) is 6.04. The summed E-state index contributed by atoms with van der Waals surface area (Å²) in [7, 11) is -1.69. The number of ether oxygens (including phenoxy) is 1. The number of hydrogen-bond donors (Lipinski definition) is 2. The van der Waals surface area contributed by atoms with Crippen LogP contribution in [-0.2, 0) is 20.5 Å². The molecule has 0 spiro atoms. The summed E-state index contributed by atoms with van der Waals surface area (Å²) in [6, 6.07) is 6.01. The molecule has 0 aliphatic carbocycles. The topological polar surface area (TPSA) is 75.6 Å². The van der Waals surface area contributed by atoms with Gasteiger partial charge in [-0.25, -0.2) is 0 Å². The van der Waals surface area contributed by atoms with E-state index in [0.29, 0.717) is 5.56 Å². The SMILES string of the molecule is CC(C)OC(=O)[C@H](Cc1ccccc1O)N[P+](C)=O. The minimum Gasteiger partial charge on any atom is -0.508 e. The molecule has 0 fully saturated rings. The van der Waals surface area contributed by atoms with E-state index in [9.17, 15) is 14.5 Å². The number of phenolic OH excluding ortho intramolecular Hbond substituents is 1. The van der Waals surface area contributed by atoms with Crippen LogP contribution in [0.4, 0.5) is 0 Å². The summed E-state index contributed by atoms with van der Waals surface area (Å²) in [6.45, 7) is 4.98. The maximum absolute atomic E-state index is 11.9. The second kappa shape index (κ2) is 7.22. The summed E-state index contributed by atoms with van der Waals surface area (Å²) in [5.41, 5.74) is 0.609. The zero-order valence-electron chi connectivity index (χ0n) is 11.3. The molecular weight excluding hydrogens is 265 g/mol. The molecule has 19 heavy (non-hydrogen) atoms. The van der Waals surface area contributed by atoms with Crippen molar-refractivity contribution in [3.8, 4) is 5.75 Å². The van der Waals surface area contributed by atoms with Gasteiger partial charge in [0.2, 0.25) is 0 Å².